The lowest BCUT2D eigenvalue weighted by Gasteiger charge is -2.33. The molecule has 0 aliphatic heterocycles. The van der Waals surface area contributed by atoms with Gasteiger partial charge in [-0.25, -0.2) is 8.42 Å². The predicted octanol–water partition coefficient (Wildman–Crippen LogP) is 3.46. The van der Waals surface area contributed by atoms with Crippen LogP contribution in [0, 0.1) is 0 Å². The number of hydrogen-bond acceptors (Lipinski definition) is 5. The zero-order valence-corrected chi connectivity index (χ0v) is 18.0. The molecule has 0 aliphatic carbocycles. The summed E-state index contributed by atoms with van der Waals surface area (Å²) < 4.78 is 38.6. The third-order valence-corrected chi connectivity index (χ3v) is 5.32. The molecule has 1 unspecified atom stereocenters. The van der Waals surface area contributed by atoms with Crippen molar-refractivity contribution in [2.24, 2.45) is 0 Å². The molecule has 156 valence electrons. The van der Waals surface area contributed by atoms with Gasteiger partial charge in [-0.1, -0.05) is 58.3 Å². The van der Waals surface area contributed by atoms with Crippen molar-refractivity contribution in [3.8, 4) is 0 Å². The summed E-state index contributed by atoms with van der Waals surface area (Å²) in [6.07, 6.45) is 11.8. The van der Waals surface area contributed by atoms with E-state index in [0.29, 0.717) is 11.0 Å². The molecule has 0 bridgehead atoms. The van der Waals surface area contributed by atoms with Gasteiger partial charge < -0.3 is 13.8 Å². The van der Waals surface area contributed by atoms with E-state index >= 15 is 0 Å². The summed E-state index contributed by atoms with van der Waals surface area (Å²) >= 11 is 0. The molecule has 0 rings (SSSR count). The van der Waals surface area contributed by atoms with E-state index in [-0.39, 0.29) is 0 Å². The average Bonchev–Trinajstić information content (AvgIpc) is 2.46. The first kappa shape index (κ1) is 25.3. The van der Waals surface area contributed by atoms with Gasteiger partial charge in [0, 0.05) is 6.92 Å². The van der Waals surface area contributed by atoms with Crippen LogP contribution in [0.2, 0.25) is 0 Å². The summed E-state index contributed by atoms with van der Waals surface area (Å²) in [6, 6.07) is 0. The molecule has 0 aromatic heterocycles. The van der Waals surface area contributed by atoms with Crippen LogP contribution in [0.1, 0.15) is 78.1 Å². The fourth-order valence-electron chi connectivity index (χ4n) is 3.26. The molecular weight excluding hydrogens is 354 g/mol. The number of rotatable bonds is 16. The minimum Gasteiger partial charge on any atom is -0.748 e. The zero-order valence-electron chi connectivity index (χ0n) is 17.2. The van der Waals surface area contributed by atoms with Crippen LogP contribution in [0.25, 0.3) is 0 Å². The maximum Gasteiger partial charge on any atom is 0.303 e. The molecule has 0 aromatic carbocycles. The minimum absolute atomic E-state index is 0.332. The quantitative estimate of drug-likeness (QED) is 0.173. The van der Waals surface area contributed by atoms with Crippen LogP contribution in [0.5, 0.6) is 0 Å². The standard InChI is InChI=1S/C19H39NO5S/c1-5-6-7-8-9-10-11-12-13-14-15-20(3,4)16-19(25-18(2)21)17-26(22,23)24/h19H,5-17H2,1-4H3. The van der Waals surface area contributed by atoms with E-state index in [1.807, 2.05) is 14.1 Å². The van der Waals surface area contributed by atoms with E-state index in [0.717, 1.165) is 19.4 Å². The Labute approximate surface area is 160 Å². The van der Waals surface area contributed by atoms with E-state index in [4.69, 9.17) is 4.74 Å². The van der Waals surface area contributed by atoms with Crippen LogP contribution in [-0.4, -0.2) is 62.5 Å². The van der Waals surface area contributed by atoms with Crippen LogP contribution in [-0.2, 0) is 19.6 Å². The highest BCUT2D eigenvalue weighted by Gasteiger charge is 2.26. The van der Waals surface area contributed by atoms with Crippen LogP contribution in [0.3, 0.4) is 0 Å². The summed E-state index contributed by atoms with van der Waals surface area (Å²) in [7, 11) is -0.475. The third-order valence-electron chi connectivity index (χ3n) is 4.54. The second kappa shape index (κ2) is 13.5. The van der Waals surface area contributed by atoms with Crippen molar-refractivity contribution in [1.82, 2.24) is 0 Å². The number of hydrogen-bond donors (Lipinski definition) is 0. The van der Waals surface area contributed by atoms with E-state index < -0.39 is 27.9 Å². The zero-order chi connectivity index (χ0) is 20.1. The summed E-state index contributed by atoms with van der Waals surface area (Å²) in [5.74, 6) is -1.22. The molecule has 0 heterocycles. The largest absolute Gasteiger partial charge is 0.748 e. The highest BCUT2D eigenvalue weighted by atomic mass is 32.2. The minimum atomic E-state index is -4.42. The van der Waals surface area contributed by atoms with Crippen molar-refractivity contribution in [1.29, 1.82) is 0 Å². The Morgan fingerprint density at radius 2 is 1.42 bits per heavy atom. The molecule has 0 amide bonds. The lowest BCUT2D eigenvalue weighted by molar-refractivity contribution is -0.893. The number of nitrogens with zero attached hydrogens (tertiary/aromatic N) is 1. The lowest BCUT2D eigenvalue weighted by Crippen LogP contribution is -2.48. The number of quaternary nitrogens is 1. The Kier molecular flexibility index (Phi) is 13.2. The smallest absolute Gasteiger partial charge is 0.303 e. The predicted molar refractivity (Wildman–Crippen MR) is 104 cm³/mol. The van der Waals surface area contributed by atoms with E-state index in [1.54, 1.807) is 0 Å². The molecule has 0 saturated carbocycles. The van der Waals surface area contributed by atoms with Crippen LogP contribution in [0.15, 0.2) is 0 Å². The maximum atomic E-state index is 11.1. The number of likely N-dealkylation sites (N-methyl/N-ethyl adjacent to an activating group) is 1. The van der Waals surface area contributed by atoms with E-state index in [9.17, 15) is 17.8 Å². The molecule has 0 N–H and O–H groups in total. The monoisotopic (exact) mass is 393 g/mol. The van der Waals surface area contributed by atoms with E-state index in [2.05, 4.69) is 6.92 Å². The molecule has 0 radical (unpaired) electrons. The number of unbranched alkanes of at least 4 members (excludes halogenated alkanes) is 9. The summed E-state index contributed by atoms with van der Waals surface area (Å²) in [4.78, 5) is 11.1. The molecule has 6 nitrogen and oxygen atoms in total. The third kappa shape index (κ3) is 16.8. The molecule has 1 atom stereocenters. The first-order chi connectivity index (χ1) is 12.1. The van der Waals surface area contributed by atoms with Crippen molar-refractivity contribution < 1.29 is 27.0 Å². The molecule has 0 saturated heterocycles. The Hall–Kier alpha value is -0.660. The van der Waals surface area contributed by atoms with Gasteiger partial charge in [-0.15, -0.1) is 0 Å². The fourth-order valence-corrected chi connectivity index (χ4v) is 3.88. The van der Waals surface area contributed by atoms with Crippen LogP contribution < -0.4 is 0 Å². The van der Waals surface area contributed by atoms with Gasteiger partial charge >= 0.3 is 5.97 Å². The summed E-state index contributed by atoms with van der Waals surface area (Å²) in [5, 5.41) is 0. The number of esters is 1. The topological polar surface area (TPSA) is 83.5 Å². The average molecular weight is 394 g/mol. The van der Waals surface area contributed by atoms with Crippen molar-refractivity contribution in [3.05, 3.63) is 0 Å². The normalized spacial score (nSPS) is 13.6. The fraction of sp³-hybridized carbons (Fsp3) is 0.947. The van der Waals surface area contributed by atoms with Crippen LogP contribution in [0.4, 0.5) is 0 Å². The van der Waals surface area contributed by atoms with Crippen molar-refractivity contribution in [2.75, 3.05) is 32.9 Å². The van der Waals surface area contributed by atoms with Gasteiger partial charge in [0.05, 0.1) is 36.5 Å². The Morgan fingerprint density at radius 3 is 1.85 bits per heavy atom. The van der Waals surface area contributed by atoms with Gasteiger partial charge in [-0.3, -0.25) is 4.79 Å². The van der Waals surface area contributed by atoms with Crippen molar-refractivity contribution in [2.45, 2.75) is 84.2 Å². The Morgan fingerprint density at radius 1 is 0.962 bits per heavy atom. The lowest BCUT2D eigenvalue weighted by atomic mass is 10.1. The summed E-state index contributed by atoms with van der Waals surface area (Å²) in [5.41, 5.74) is 0. The summed E-state index contributed by atoms with van der Waals surface area (Å²) in [6.45, 7) is 4.66. The van der Waals surface area contributed by atoms with Gasteiger partial charge in [0.15, 0.2) is 6.10 Å². The molecule has 0 fully saturated rings. The van der Waals surface area contributed by atoms with Gasteiger partial charge in [-0.05, 0) is 12.8 Å². The molecule has 0 aliphatic rings. The van der Waals surface area contributed by atoms with Crippen molar-refractivity contribution in [3.63, 3.8) is 0 Å². The SMILES string of the molecule is CCCCCCCCCCCC[N+](C)(C)CC(CS(=O)(=O)[O-])OC(C)=O. The van der Waals surface area contributed by atoms with Gasteiger partial charge in [0.2, 0.25) is 0 Å². The van der Waals surface area contributed by atoms with Crippen molar-refractivity contribution >= 4 is 16.1 Å². The molecule has 7 heteroatoms. The second-order valence-corrected chi connectivity index (χ2v) is 9.43. The molecule has 0 spiro atoms. The van der Waals surface area contributed by atoms with Gasteiger partial charge in [-0.2, -0.15) is 0 Å². The maximum absolute atomic E-state index is 11.1. The number of ether oxygens (including phenoxy) is 1. The number of carbonyl (C=O) groups excluding carboxylic acids is 1. The highest BCUT2D eigenvalue weighted by Crippen LogP contribution is 2.13. The van der Waals surface area contributed by atoms with Gasteiger partial charge in [0.25, 0.3) is 0 Å². The molecule has 0 aromatic rings. The first-order valence-corrected chi connectivity index (χ1v) is 11.6. The van der Waals surface area contributed by atoms with E-state index in [1.165, 1.54) is 58.3 Å². The Balaban J connectivity index is 4.01. The second-order valence-electron chi connectivity index (χ2n) is 7.98. The number of carbonyl (C=O) groups is 1. The molecular formula is C19H39NO5S. The van der Waals surface area contributed by atoms with Gasteiger partial charge in [0.1, 0.15) is 6.54 Å². The van der Waals surface area contributed by atoms with Crippen LogP contribution >= 0.6 is 0 Å². The molecule has 26 heavy (non-hydrogen) atoms. The Bertz CT molecular complexity index is 476. The highest BCUT2D eigenvalue weighted by molar-refractivity contribution is 7.85. The first-order valence-electron chi connectivity index (χ1n) is 9.98.